The van der Waals surface area contributed by atoms with Crippen molar-refractivity contribution >= 4 is 22.6 Å². The van der Waals surface area contributed by atoms with Gasteiger partial charge >= 0.3 is 0 Å². The van der Waals surface area contributed by atoms with Crippen molar-refractivity contribution in [3.8, 4) is 0 Å². The fourth-order valence-electron chi connectivity index (χ4n) is 4.22. The lowest BCUT2D eigenvalue weighted by Crippen LogP contribution is -2.45. The second-order valence-electron chi connectivity index (χ2n) is 7.45. The van der Waals surface area contributed by atoms with Crippen molar-refractivity contribution in [3.05, 3.63) is 28.9 Å². The number of piperidine rings is 1. The monoisotopic (exact) mass is 355 g/mol. The number of carbonyl (C=O) groups is 1. The molecule has 2 aliphatic rings. The summed E-state index contributed by atoms with van der Waals surface area (Å²) in [6, 6.07) is 1.92. The summed E-state index contributed by atoms with van der Waals surface area (Å²) in [6.45, 7) is 1.60. The summed E-state index contributed by atoms with van der Waals surface area (Å²) >= 11 is 0. The van der Waals surface area contributed by atoms with Crippen LogP contribution in [0.1, 0.15) is 44.9 Å². The van der Waals surface area contributed by atoms with Crippen molar-refractivity contribution in [2.24, 2.45) is 5.92 Å². The molecule has 2 fully saturated rings. The number of amides is 1. The van der Waals surface area contributed by atoms with Crippen molar-refractivity contribution in [3.63, 3.8) is 0 Å². The predicted octanol–water partition coefficient (Wildman–Crippen LogP) is 1.98. The normalized spacial score (nSPS) is 19.2. The van der Waals surface area contributed by atoms with Gasteiger partial charge in [-0.2, -0.15) is 0 Å². The van der Waals surface area contributed by atoms with Crippen LogP contribution in [0.15, 0.2) is 23.4 Å². The average Bonchev–Trinajstić information content (AvgIpc) is 3.15. The first-order valence-electron chi connectivity index (χ1n) is 9.57. The van der Waals surface area contributed by atoms with Crippen molar-refractivity contribution in [2.75, 3.05) is 18.0 Å². The van der Waals surface area contributed by atoms with Gasteiger partial charge < -0.3 is 15.2 Å². The number of fused-ring (bicyclic) bond motifs is 1. The molecule has 1 saturated carbocycles. The second-order valence-corrected chi connectivity index (χ2v) is 7.45. The van der Waals surface area contributed by atoms with Crippen LogP contribution in [0.4, 0.5) is 5.82 Å². The number of H-pyrrole nitrogens is 1. The Morgan fingerprint density at radius 1 is 1.19 bits per heavy atom. The van der Waals surface area contributed by atoms with E-state index in [1.165, 1.54) is 32.0 Å². The first-order valence-corrected chi connectivity index (χ1v) is 9.57. The quantitative estimate of drug-likeness (QED) is 0.875. The number of nitrogens with one attached hydrogen (secondary N) is 2. The van der Waals surface area contributed by atoms with Crippen LogP contribution in [0.5, 0.6) is 0 Å². The topological polar surface area (TPSA) is 91.0 Å². The predicted molar refractivity (Wildman–Crippen MR) is 100 cm³/mol. The summed E-state index contributed by atoms with van der Waals surface area (Å²) in [5, 5.41) is 3.77. The lowest BCUT2D eigenvalue weighted by Gasteiger charge is -2.33. The average molecular weight is 355 g/mol. The van der Waals surface area contributed by atoms with Crippen LogP contribution in [0.3, 0.4) is 0 Å². The van der Waals surface area contributed by atoms with Gasteiger partial charge in [-0.3, -0.25) is 9.59 Å². The Hall–Kier alpha value is -2.44. The third kappa shape index (κ3) is 3.57. The standard InChI is InChI=1S/C19H25N5O2/c25-16(11-13-3-1-2-4-13)23-14-6-9-24(10-7-14)18-17-15(5-8-20-18)19(26)22-12-21-17/h5,8,12-14H,1-4,6-7,9-11H2,(H,23,25)(H,21,22,26). The van der Waals surface area contributed by atoms with Gasteiger partial charge in [-0.15, -0.1) is 0 Å². The summed E-state index contributed by atoms with van der Waals surface area (Å²) in [5.41, 5.74) is 0.493. The molecule has 1 amide bonds. The molecule has 2 N–H and O–H groups in total. The molecule has 138 valence electrons. The number of rotatable bonds is 4. The molecule has 0 atom stereocenters. The van der Waals surface area contributed by atoms with Crippen LogP contribution in [-0.4, -0.2) is 40.0 Å². The van der Waals surface area contributed by atoms with Gasteiger partial charge in [0.05, 0.1) is 11.7 Å². The minimum absolute atomic E-state index is 0.146. The summed E-state index contributed by atoms with van der Waals surface area (Å²) in [6.07, 6.45) is 10.5. The second kappa shape index (κ2) is 7.43. The van der Waals surface area contributed by atoms with Crippen molar-refractivity contribution in [2.45, 2.75) is 51.0 Å². The maximum absolute atomic E-state index is 12.2. The largest absolute Gasteiger partial charge is 0.355 e. The zero-order valence-electron chi connectivity index (χ0n) is 14.9. The molecule has 26 heavy (non-hydrogen) atoms. The van der Waals surface area contributed by atoms with Crippen LogP contribution in [0.25, 0.3) is 10.9 Å². The number of nitrogens with zero attached hydrogens (tertiary/aromatic N) is 3. The molecule has 4 rings (SSSR count). The summed E-state index contributed by atoms with van der Waals surface area (Å²) < 4.78 is 0. The van der Waals surface area contributed by atoms with E-state index in [1.807, 2.05) is 0 Å². The summed E-state index contributed by atoms with van der Waals surface area (Å²) in [7, 11) is 0. The van der Waals surface area contributed by atoms with Gasteiger partial charge in [-0.05, 0) is 37.7 Å². The van der Waals surface area contributed by atoms with E-state index in [1.54, 1.807) is 12.3 Å². The van der Waals surface area contributed by atoms with Crippen LogP contribution in [0.2, 0.25) is 0 Å². The number of aromatic nitrogens is 3. The van der Waals surface area contributed by atoms with E-state index in [0.717, 1.165) is 31.7 Å². The maximum Gasteiger partial charge on any atom is 0.258 e. The molecule has 2 aromatic rings. The lowest BCUT2D eigenvalue weighted by molar-refractivity contribution is -0.122. The summed E-state index contributed by atoms with van der Waals surface area (Å²) in [5.74, 6) is 1.54. The third-order valence-corrected chi connectivity index (χ3v) is 5.65. The fourth-order valence-corrected chi connectivity index (χ4v) is 4.22. The van der Waals surface area contributed by atoms with Gasteiger partial charge in [-0.25, -0.2) is 9.97 Å². The Kier molecular flexibility index (Phi) is 4.86. The van der Waals surface area contributed by atoms with E-state index in [9.17, 15) is 9.59 Å². The molecular formula is C19H25N5O2. The number of pyridine rings is 1. The van der Waals surface area contributed by atoms with Crippen molar-refractivity contribution < 1.29 is 4.79 Å². The first-order chi connectivity index (χ1) is 12.7. The Morgan fingerprint density at radius 2 is 1.96 bits per heavy atom. The molecule has 7 nitrogen and oxygen atoms in total. The minimum Gasteiger partial charge on any atom is -0.355 e. The fraction of sp³-hybridized carbons (Fsp3) is 0.579. The van der Waals surface area contributed by atoms with E-state index in [-0.39, 0.29) is 17.5 Å². The molecule has 0 aromatic carbocycles. The van der Waals surface area contributed by atoms with Gasteiger partial charge in [0.25, 0.3) is 5.56 Å². The highest BCUT2D eigenvalue weighted by Crippen LogP contribution is 2.28. The van der Waals surface area contributed by atoms with Crippen LogP contribution in [-0.2, 0) is 4.79 Å². The molecule has 0 spiro atoms. The number of hydrogen-bond acceptors (Lipinski definition) is 5. The lowest BCUT2D eigenvalue weighted by atomic mass is 10.0. The Balaban J connectivity index is 1.37. The first kappa shape index (κ1) is 17.0. The molecule has 1 aliphatic carbocycles. The van der Waals surface area contributed by atoms with E-state index in [4.69, 9.17) is 0 Å². The molecule has 3 heterocycles. The zero-order chi connectivity index (χ0) is 17.9. The van der Waals surface area contributed by atoms with Crippen LogP contribution >= 0.6 is 0 Å². The molecule has 0 unspecified atom stereocenters. The van der Waals surface area contributed by atoms with E-state index >= 15 is 0 Å². The number of anilines is 1. The van der Waals surface area contributed by atoms with Crippen LogP contribution in [0, 0.1) is 5.92 Å². The molecule has 2 aromatic heterocycles. The van der Waals surface area contributed by atoms with Gasteiger partial charge in [0, 0.05) is 31.7 Å². The smallest absolute Gasteiger partial charge is 0.258 e. The van der Waals surface area contributed by atoms with E-state index < -0.39 is 0 Å². The van der Waals surface area contributed by atoms with Crippen LogP contribution < -0.4 is 15.8 Å². The number of carbonyl (C=O) groups excluding carboxylic acids is 1. The van der Waals surface area contributed by atoms with Gasteiger partial charge in [-0.1, -0.05) is 12.8 Å². The zero-order valence-corrected chi connectivity index (χ0v) is 14.9. The Morgan fingerprint density at radius 3 is 2.73 bits per heavy atom. The summed E-state index contributed by atoms with van der Waals surface area (Å²) in [4.78, 5) is 37.7. The number of hydrogen-bond donors (Lipinski definition) is 2. The highest BCUT2D eigenvalue weighted by molar-refractivity contribution is 5.87. The maximum atomic E-state index is 12.2. The van der Waals surface area contributed by atoms with Gasteiger partial charge in [0.15, 0.2) is 5.82 Å². The molecule has 1 aliphatic heterocycles. The van der Waals surface area contributed by atoms with Gasteiger partial charge in [0.2, 0.25) is 5.91 Å². The minimum atomic E-state index is -0.146. The highest BCUT2D eigenvalue weighted by atomic mass is 16.1. The highest BCUT2D eigenvalue weighted by Gasteiger charge is 2.25. The molecule has 0 bridgehead atoms. The molecule has 1 saturated heterocycles. The Labute approximate surface area is 152 Å². The molecular weight excluding hydrogens is 330 g/mol. The number of aromatic amines is 1. The Bertz CT molecular complexity index is 835. The van der Waals surface area contributed by atoms with Crippen molar-refractivity contribution in [1.29, 1.82) is 0 Å². The van der Waals surface area contributed by atoms with E-state index in [0.29, 0.717) is 23.2 Å². The molecule has 0 radical (unpaired) electrons. The van der Waals surface area contributed by atoms with Gasteiger partial charge in [0.1, 0.15) is 5.52 Å². The SMILES string of the molecule is O=C(CC1CCCC1)NC1CCN(c2nccc3c(=O)[nH]cnc23)CC1. The van der Waals surface area contributed by atoms with E-state index in [2.05, 4.69) is 25.2 Å². The molecule has 7 heteroatoms. The van der Waals surface area contributed by atoms with Crippen molar-refractivity contribution in [1.82, 2.24) is 20.3 Å². The third-order valence-electron chi connectivity index (χ3n) is 5.65.